The van der Waals surface area contributed by atoms with E-state index < -0.39 is 0 Å². The maximum atomic E-state index is 5.91. The molecule has 0 bridgehead atoms. The highest BCUT2D eigenvalue weighted by Gasteiger charge is 2.39. The lowest BCUT2D eigenvalue weighted by Gasteiger charge is -2.06. The van der Waals surface area contributed by atoms with Crippen molar-refractivity contribution in [3.8, 4) is 0 Å². The highest BCUT2D eigenvalue weighted by Crippen LogP contribution is 2.43. The third-order valence-corrected chi connectivity index (χ3v) is 2.79. The number of rotatable bonds is 5. The van der Waals surface area contributed by atoms with Gasteiger partial charge in [-0.25, -0.2) is 0 Å². The first-order chi connectivity index (χ1) is 6.15. The first kappa shape index (κ1) is 10.3. The minimum atomic E-state index is 0.192. The Hall–Kier alpha value is -0.770. The second-order valence-electron chi connectivity index (χ2n) is 3.83. The number of nitrogens with zero attached hydrogens (tertiary/aromatic N) is 1. The van der Waals surface area contributed by atoms with Gasteiger partial charge in [-0.15, -0.1) is 0 Å². The van der Waals surface area contributed by atoms with E-state index in [-0.39, 0.29) is 5.96 Å². The largest absolute Gasteiger partial charge is 0.370 e. The summed E-state index contributed by atoms with van der Waals surface area (Å²) >= 11 is 0. The Kier molecular flexibility index (Phi) is 3.54. The summed E-state index contributed by atoms with van der Waals surface area (Å²) in [5.41, 5.74) is 16.4. The Balaban J connectivity index is 2.11. The summed E-state index contributed by atoms with van der Waals surface area (Å²) in [4.78, 5) is 3.96. The molecule has 4 heteroatoms. The number of hydrogen-bond donors (Lipinski definition) is 3. The van der Waals surface area contributed by atoms with E-state index in [4.69, 9.17) is 17.2 Å². The Morgan fingerprint density at radius 2 is 2.23 bits per heavy atom. The predicted molar refractivity (Wildman–Crippen MR) is 55.2 cm³/mol. The second kappa shape index (κ2) is 4.46. The molecule has 1 fully saturated rings. The van der Waals surface area contributed by atoms with E-state index in [1.165, 1.54) is 6.42 Å². The van der Waals surface area contributed by atoms with Crippen molar-refractivity contribution in [1.29, 1.82) is 0 Å². The zero-order valence-electron chi connectivity index (χ0n) is 8.24. The van der Waals surface area contributed by atoms with Gasteiger partial charge < -0.3 is 17.2 Å². The molecule has 0 heterocycles. The number of nitrogens with two attached hydrogens (primary N) is 3. The van der Waals surface area contributed by atoms with E-state index in [1.54, 1.807) is 0 Å². The van der Waals surface area contributed by atoms with Crippen LogP contribution in [0, 0.1) is 11.8 Å². The van der Waals surface area contributed by atoms with E-state index in [0.29, 0.717) is 6.04 Å². The fourth-order valence-corrected chi connectivity index (χ4v) is 1.79. The zero-order chi connectivity index (χ0) is 9.84. The number of hydrogen-bond acceptors (Lipinski definition) is 2. The molecule has 0 spiro atoms. The van der Waals surface area contributed by atoms with Gasteiger partial charge in [0.05, 0.1) is 0 Å². The average Bonchev–Trinajstić information content (AvgIpc) is 2.82. The summed E-state index contributed by atoms with van der Waals surface area (Å²) in [5, 5.41) is 0. The number of aliphatic imine (C=N–C) groups is 1. The van der Waals surface area contributed by atoms with Crippen molar-refractivity contribution in [2.45, 2.75) is 32.2 Å². The molecule has 0 aliphatic heterocycles. The molecule has 1 rings (SSSR count). The van der Waals surface area contributed by atoms with Crippen LogP contribution in [0.1, 0.15) is 26.2 Å². The van der Waals surface area contributed by atoms with E-state index in [1.807, 2.05) is 0 Å². The van der Waals surface area contributed by atoms with Crippen molar-refractivity contribution in [3.63, 3.8) is 0 Å². The van der Waals surface area contributed by atoms with Gasteiger partial charge in [-0.05, 0) is 31.1 Å². The minimum absolute atomic E-state index is 0.192. The van der Waals surface area contributed by atoms with Crippen molar-refractivity contribution < 1.29 is 0 Å². The van der Waals surface area contributed by atoms with Crippen LogP contribution in [0.25, 0.3) is 0 Å². The van der Waals surface area contributed by atoms with Gasteiger partial charge in [0.15, 0.2) is 5.96 Å². The summed E-state index contributed by atoms with van der Waals surface area (Å²) in [6, 6.07) is 0.379. The smallest absolute Gasteiger partial charge is 0.185 e. The molecular weight excluding hydrogens is 164 g/mol. The van der Waals surface area contributed by atoms with Crippen LogP contribution in [0.2, 0.25) is 0 Å². The SMILES string of the molecule is CCC(N)[C@@H]1CC1CCN=C(N)N. The molecule has 1 aliphatic carbocycles. The molecule has 1 saturated carbocycles. The van der Waals surface area contributed by atoms with Crippen LogP contribution >= 0.6 is 0 Å². The van der Waals surface area contributed by atoms with Gasteiger partial charge in [0.2, 0.25) is 0 Å². The fourth-order valence-electron chi connectivity index (χ4n) is 1.79. The highest BCUT2D eigenvalue weighted by molar-refractivity contribution is 5.75. The maximum Gasteiger partial charge on any atom is 0.185 e. The molecule has 76 valence electrons. The Morgan fingerprint density at radius 3 is 2.77 bits per heavy atom. The molecule has 1 aliphatic rings. The lowest BCUT2D eigenvalue weighted by molar-refractivity contribution is 0.523. The predicted octanol–water partition coefficient (Wildman–Crippen LogP) is 0.0233. The molecular formula is C9H20N4. The zero-order valence-corrected chi connectivity index (χ0v) is 8.24. The molecule has 0 aromatic carbocycles. The Morgan fingerprint density at radius 1 is 1.54 bits per heavy atom. The van der Waals surface area contributed by atoms with E-state index in [2.05, 4.69) is 11.9 Å². The van der Waals surface area contributed by atoms with Crippen LogP contribution in [0.5, 0.6) is 0 Å². The number of guanidine groups is 1. The van der Waals surface area contributed by atoms with Crippen molar-refractivity contribution in [1.82, 2.24) is 0 Å². The molecule has 0 amide bonds. The highest BCUT2D eigenvalue weighted by atomic mass is 15.0. The quantitative estimate of drug-likeness (QED) is 0.415. The van der Waals surface area contributed by atoms with Crippen LogP contribution in [-0.2, 0) is 0 Å². The molecule has 6 N–H and O–H groups in total. The van der Waals surface area contributed by atoms with Gasteiger partial charge in [-0.2, -0.15) is 0 Å². The Labute approximate surface area is 79.6 Å². The summed E-state index contributed by atoms with van der Waals surface area (Å²) in [6.07, 6.45) is 3.41. The Bertz CT molecular complexity index is 186. The van der Waals surface area contributed by atoms with E-state index >= 15 is 0 Å². The molecule has 0 aromatic heterocycles. The summed E-state index contributed by atoms with van der Waals surface area (Å²) < 4.78 is 0. The van der Waals surface area contributed by atoms with Crippen LogP contribution in [0.3, 0.4) is 0 Å². The standard InChI is InChI=1S/C9H20N4/c1-2-8(10)7-5-6(7)3-4-13-9(11)12/h6-8H,2-5,10H2,1H3,(H4,11,12,13)/t6?,7-,8?/m1/s1. The normalized spacial score (nSPS) is 28.2. The maximum absolute atomic E-state index is 5.91. The topological polar surface area (TPSA) is 90.4 Å². The molecule has 2 unspecified atom stereocenters. The minimum Gasteiger partial charge on any atom is -0.370 e. The van der Waals surface area contributed by atoms with Crippen molar-refractivity contribution in [2.24, 2.45) is 34.0 Å². The second-order valence-corrected chi connectivity index (χ2v) is 3.83. The lowest BCUT2D eigenvalue weighted by Crippen LogP contribution is -2.23. The third-order valence-electron chi connectivity index (χ3n) is 2.79. The van der Waals surface area contributed by atoms with Gasteiger partial charge >= 0.3 is 0 Å². The van der Waals surface area contributed by atoms with Crippen LogP contribution < -0.4 is 17.2 Å². The van der Waals surface area contributed by atoms with Crippen LogP contribution in [0.4, 0.5) is 0 Å². The third kappa shape index (κ3) is 3.22. The van der Waals surface area contributed by atoms with Gasteiger partial charge in [0.1, 0.15) is 0 Å². The molecule has 0 radical (unpaired) electrons. The first-order valence-corrected chi connectivity index (χ1v) is 4.96. The molecule has 0 saturated heterocycles. The van der Waals surface area contributed by atoms with Crippen LogP contribution in [-0.4, -0.2) is 18.5 Å². The fraction of sp³-hybridized carbons (Fsp3) is 0.889. The van der Waals surface area contributed by atoms with Crippen LogP contribution in [0.15, 0.2) is 4.99 Å². The van der Waals surface area contributed by atoms with Gasteiger partial charge in [0, 0.05) is 12.6 Å². The summed E-state index contributed by atoms with van der Waals surface area (Å²) in [5.74, 6) is 1.68. The van der Waals surface area contributed by atoms with Gasteiger partial charge in [0.25, 0.3) is 0 Å². The molecule has 3 atom stereocenters. The van der Waals surface area contributed by atoms with Gasteiger partial charge in [-0.1, -0.05) is 6.92 Å². The van der Waals surface area contributed by atoms with E-state index in [9.17, 15) is 0 Å². The summed E-state index contributed by atoms with van der Waals surface area (Å²) in [7, 11) is 0. The van der Waals surface area contributed by atoms with Crippen molar-refractivity contribution >= 4 is 5.96 Å². The molecule has 4 nitrogen and oxygen atoms in total. The van der Waals surface area contributed by atoms with Gasteiger partial charge in [-0.3, -0.25) is 4.99 Å². The van der Waals surface area contributed by atoms with Crippen molar-refractivity contribution in [3.05, 3.63) is 0 Å². The molecule has 13 heavy (non-hydrogen) atoms. The monoisotopic (exact) mass is 184 g/mol. The lowest BCUT2D eigenvalue weighted by atomic mass is 10.1. The molecule has 0 aromatic rings. The van der Waals surface area contributed by atoms with Crippen molar-refractivity contribution in [2.75, 3.05) is 6.54 Å². The summed E-state index contributed by atoms with van der Waals surface area (Å²) in [6.45, 7) is 2.88. The van der Waals surface area contributed by atoms with E-state index in [0.717, 1.165) is 31.2 Å². The first-order valence-electron chi connectivity index (χ1n) is 4.96. The average molecular weight is 184 g/mol.